The number of aryl methyl sites for hydroxylation is 1. The largest absolute Gasteiger partial charge is 0.497 e. The highest BCUT2D eigenvalue weighted by Crippen LogP contribution is 2.22. The van der Waals surface area contributed by atoms with Gasteiger partial charge in [-0.05, 0) is 61.1 Å². The van der Waals surface area contributed by atoms with Crippen molar-refractivity contribution in [1.82, 2.24) is 14.5 Å². The third kappa shape index (κ3) is 6.79. The molecule has 1 amide bonds. The van der Waals surface area contributed by atoms with E-state index in [1.54, 1.807) is 19.2 Å². The number of carbonyl (C=O) groups is 1. The van der Waals surface area contributed by atoms with E-state index in [0.717, 1.165) is 63.3 Å². The quantitative estimate of drug-likeness (QED) is 0.576. The van der Waals surface area contributed by atoms with Crippen molar-refractivity contribution >= 4 is 15.9 Å². The zero-order chi connectivity index (χ0) is 23.3. The van der Waals surface area contributed by atoms with Crippen molar-refractivity contribution in [1.29, 1.82) is 0 Å². The maximum atomic E-state index is 12.7. The minimum atomic E-state index is -3.43. The van der Waals surface area contributed by atoms with Gasteiger partial charge in [-0.15, -0.1) is 0 Å². The van der Waals surface area contributed by atoms with E-state index < -0.39 is 10.0 Å². The summed E-state index contributed by atoms with van der Waals surface area (Å²) in [4.78, 5) is 17.3. The third-order valence-electron chi connectivity index (χ3n) is 6.36. The number of sulfonamides is 1. The van der Waals surface area contributed by atoms with E-state index in [9.17, 15) is 13.2 Å². The molecule has 4 rings (SSSR count). The Morgan fingerprint density at radius 1 is 0.939 bits per heavy atom. The second kappa shape index (κ2) is 10.7. The molecule has 1 aliphatic heterocycles. The Bertz CT molecular complexity index is 1030. The van der Waals surface area contributed by atoms with E-state index >= 15 is 0 Å². The van der Waals surface area contributed by atoms with Crippen molar-refractivity contribution < 1.29 is 17.9 Å². The average Bonchev–Trinajstić information content (AvgIpc) is 3.65. The van der Waals surface area contributed by atoms with Gasteiger partial charge in [0.25, 0.3) is 0 Å². The SMILES string of the molecule is COc1ccc(CCN2CCN(C(=O)CCc3ccc(S(=O)(=O)NC4CC4)cc3)CC2)cc1. The number of carbonyl (C=O) groups excluding carboxylic acids is 1. The summed E-state index contributed by atoms with van der Waals surface area (Å²) in [6.07, 6.45) is 3.87. The Hall–Kier alpha value is -2.42. The summed E-state index contributed by atoms with van der Waals surface area (Å²) in [6, 6.07) is 15.2. The van der Waals surface area contributed by atoms with Crippen molar-refractivity contribution in [3.8, 4) is 5.75 Å². The fourth-order valence-electron chi connectivity index (χ4n) is 4.03. The van der Waals surface area contributed by atoms with Gasteiger partial charge in [-0.2, -0.15) is 0 Å². The molecule has 2 aliphatic rings. The predicted octanol–water partition coefficient (Wildman–Crippen LogP) is 2.46. The van der Waals surface area contributed by atoms with Crippen LogP contribution in [0.15, 0.2) is 53.4 Å². The van der Waals surface area contributed by atoms with Crippen molar-refractivity contribution in [2.75, 3.05) is 39.8 Å². The summed E-state index contributed by atoms with van der Waals surface area (Å²) in [5.74, 6) is 1.04. The Balaban J connectivity index is 1.17. The molecular weight excluding hydrogens is 438 g/mol. The number of nitrogens with one attached hydrogen (secondary N) is 1. The first-order valence-corrected chi connectivity index (χ1v) is 13.2. The Morgan fingerprint density at radius 2 is 1.55 bits per heavy atom. The zero-order valence-electron chi connectivity index (χ0n) is 19.2. The van der Waals surface area contributed by atoms with Gasteiger partial charge in [0.05, 0.1) is 12.0 Å². The van der Waals surface area contributed by atoms with Crippen LogP contribution in [0.4, 0.5) is 0 Å². The van der Waals surface area contributed by atoms with Crippen molar-refractivity contribution in [3.05, 3.63) is 59.7 Å². The lowest BCUT2D eigenvalue weighted by Gasteiger charge is -2.34. The molecule has 1 saturated heterocycles. The summed E-state index contributed by atoms with van der Waals surface area (Å²) >= 11 is 0. The maximum Gasteiger partial charge on any atom is 0.240 e. The molecule has 0 spiro atoms. The molecule has 1 N–H and O–H groups in total. The second-order valence-corrected chi connectivity index (χ2v) is 10.6. The Morgan fingerprint density at radius 3 is 2.15 bits per heavy atom. The van der Waals surface area contributed by atoms with Crippen LogP contribution in [-0.2, 0) is 27.7 Å². The average molecular weight is 472 g/mol. The summed E-state index contributed by atoms with van der Waals surface area (Å²) < 4.78 is 32.4. The number of hydrogen-bond donors (Lipinski definition) is 1. The highest BCUT2D eigenvalue weighted by atomic mass is 32.2. The van der Waals surface area contributed by atoms with Gasteiger partial charge in [0, 0.05) is 45.2 Å². The first-order chi connectivity index (χ1) is 15.9. The number of amides is 1. The van der Waals surface area contributed by atoms with Gasteiger partial charge in [-0.1, -0.05) is 24.3 Å². The number of methoxy groups -OCH3 is 1. The van der Waals surface area contributed by atoms with Gasteiger partial charge < -0.3 is 9.64 Å². The molecule has 2 aromatic rings. The fraction of sp³-hybridized carbons (Fsp3) is 0.480. The molecule has 2 fully saturated rings. The summed E-state index contributed by atoms with van der Waals surface area (Å²) in [7, 11) is -1.76. The molecule has 33 heavy (non-hydrogen) atoms. The molecule has 7 nitrogen and oxygen atoms in total. The van der Waals surface area contributed by atoms with Crippen molar-refractivity contribution in [2.45, 2.75) is 43.0 Å². The number of nitrogens with zero attached hydrogens (tertiary/aromatic N) is 2. The zero-order valence-corrected chi connectivity index (χ0v) is 20.0. The predicted molar refractivity (Wildman–Crippen MR) is 128 cm³/mol. The van der Waals surface area contributed by atoms with Crippen LogP contribution in [0.3, 0.4) is 0 Å². The van der Waals surface area contributed by atoms with Gasteiger partial charge in [-0.3, -0.25) is 9.69 Å². The number of hydrogen-bond acceptors (Lipinski definition) is 5. The van der Waals surface area contributed by atoms with E-state index in [-0.39, 0.29) is 16.8 Å². The normalized spacial score (nSPS) is 17.2. The molecule has 178 valence electrons. The molecule has 0 unspecified atom stereocenters. The van der Waals surface area contributed by atoms with E-state index in [0.29, 0.717) is 12.8 Å². The topological polar surface area (TPSA) is 79.0 Å². The summed E-state index contributed by atoms with van der Waals surface area (Å²) in [6.45, 7) is 4.28. The van der Waals surface area contributed by atoms with Crippen LogP contribution in [0.25, 0.3) is 0 Å². The summed E-state index contributed by atoms with van der Waals surface area (Å²) in [5.41, 5.74) is 2.27. The van der Waals surface area contributed by atoms with Gasteiger partial charge in [0.15, 0.2) is 0 Å². The van der Waals surface area contributed by atoms with Crippen LogP contribution in [0.2, 0.25) is 0 Å². The molecule has 1 aliphatic carbocycles. The van der Waals surface area contributed by atoms with Gasteiger partial charge >= 0.3 is 0 Å². The van der Waals surface area contributed by atoms with Gasteiger partial charge in [0.1, 0.15) is 5.75 Å². The summed E-state index contributed by atoms with van der Waals surface area (Å²) in [5, 5.41) is 0. The number of piperazine rings is 1. The maximum absolute atomic E-state index is 12.7. The molecule has 0 atom stereocenters. The Kier molecular flexibility index (Phi) is 7.67. The molecular formula is C25H33N3O4S. The second-order valence-electron chi connectivity index (χ2n) is 8.86. The lowest BCUT2D eigenvalue weighted by molar-refractivity contribution is -0.132. The molecule has 8 heteroatoms. The van der Waals surface area contributed by atoms with Gasteiger partial charge in [0.2, 0.25) is 15.9 Å². The lowest BCUT2D eigenvalue weighted by atomic mass is 10.1. The van der Waals surface area contributed by atoms with Crippen LogP contribution in [0.5, 0.6) is 5.75 Å². The fourth-order valence-corrected chi connectivity index (χ4v) is 5.34. The highest BCUT2D eigenvalue weighted by molar-refractivity contribution is 7.89. The van der Waals surface area contributed by atoms with Crippen molar-refractivity contribution in [3.63, 3.8) is 0 Å². The molecule has 1 saturated carbocycles. The van der Waals surface area contributed by atoms with E-state index in [1.807, 2.05) is 29.2 Å². The number of ether oxygens (including phenoxy) is 1. The van der Waals surface area contributed by atoms with E-state index in [4.69, 9.17) is 4.74 Å². The standard InChI is InChI=1S/C25H33N3O4S/c1-32-23-9-2-21(3-10-23)14-15-27-16-18-28(19-17-27)25(29)13-6-20-4-11-24(12-5-20)33(30,31)26-22-7-8-22/h2-5,9-12,22,26H,6-8,13-19H2,1H3. The number of rotatable bonds is 10. The Labute approximate surface area is 196 Å². The van der Waals surface area contributed by atoms with Gasteiger partial charge in [-0.25, -0.2) is 13.1 Å². The molecule has 0 radical (unpaired) electrons. The molecule has 0 aromatic heterocycles. The number of benzene rings is 2. The van der Waals surface area contributed by atoms with E-state index in [1.165, 1.54) is 5.56 Å². The first-order valence-electron chi connectivity index (χ1n) is 11.7. The van der Waals surface area contributed by atoms with Crippen LogP contribution >= 0.6 is 0 Å². The van der Waals surface area contributed by atoms with Crippen LogP contribution in [-0.4, -0.2) is 70.0 Å². The molecule has 2 aromatic carbocycles. The first kappa shape index (κ1) is 23.7. The van der Waals surface area contributed by atoms with Crippen molar-refractivity contribution in [2.24, 2.45) is 0 Å². The molecule has 1 heterocycles. The third-order valence-corrected chi connectivity index (χ3v) is 7.90. The lowest BCUT2D eigenvalue weighted by Crippen LogP contribution is -2.49. The van der Waals surface area contributed by atoms with Crippen LogP contribution in [0, 0.1) is 0 Å². The monoisotopic (exact) mass is 471 g/mol. The minimum Gasteiger partial charge on any atom is -0.497 e. The highest BCUT2D eigenvalue weighted by Gasteiger charge is 2.28. The molecule has 0 bridgehead atoms. The van der Waals surface area contributed by atoms with E-state index in [2.05, 4.69) is 21.8 Å². The van der Waals surface area contributed by atoms with Crippen LogP contribution in [0.1, 0.15) is 30.4 Å². The smallest absolute Gasteiger partial charge is 0.240 e. The van der Waals surface area contributed by atoms with Crippen LogP contribution < -0.4 is 9.46 Å². The minimum absolute atomic E-state index is 0.0928.